The highest BCUT2D eigenvalue weighted by molar-refractivity contribution is 5.12. The van der Waals surface area contributed by atoms with Crippen molar-refractivity contribution in [2.24, 2.45) is 5.73 Å². The van der Waals surface area contributed by atoms with Crippen LogP contribution >= 0.6 is 0 Å². The van der Waals surface area contributed by atoms with Crippen molar-refractivity contribution in [2.45, 2.75) is 89.4 Å². The van der Waals surface area contributed by atoms with Gasteiger partial charge in [-0.2, -0.15) is 0 Å². The Hall–Kier alpha value is -0.120. The Bertz CT molecular complexity index is 266. The Morgan fingerprint density at radius 1 is 1.18 bits per heavy atom. The lowest BCUT2D eigenvalue weighted by molar-refractivity contribution is -0.106. The SMILES string of the molecule is CCCC(C)(N)C1(O)CC(C)(C)NC(C)(C)C1. The van der Waals surface area contributed by atoms with Crippen LogP contribution in [0.3, 0.4) is 0 Å². The lowest BCUT2D eigenvalue weighted by Gasteiger charge is -2.56. The van der Waals surface area contributed by atoms with Crippen molar-refractivity contribution in [3.63, 3.8) is 0 Å². The normalized spacial score (nSPS) is 29.6. The molecule has 1 aliphatic heterocycles. The van der Waals surface area contributed by atoms with Crippen LogP contribution in [-0.2, 0) is 0 Å². The molecule has 0 amide bonds. The van der Waals surface area contributed by atoms with Gasteiger partial charge in [-0.25, -0.2) is 0 Å². The fraction of sp³-hybridized carbons (Fsp3) is 1.00. The zero-order valence-corrected chi connectivity index (χ0v) is 12.4. The van der Waals surface area contributed by atoms with Gasteiger partial charge in [0.25, 0.3) is 0 Å². The molecule has 1 unspecified atom stereocenters. The predicted molar refractivity (Wildman–Crippen MR) is 73.0 cm³/mol. The van der Waals surface area contributed by atoms with Crippen molar-refractivity contribution in [1.82, 2.24) is 5.32 Å². The summed E-state index contributed by atoms with van der Waals surface area (Å²) < 4.78 is 0. The topological polar surface area (TPSA) is 58.3 Å². The third-order valence-corrected chi connectivity index (χ3v) is 3.98. The fourth-order valence-corrected chi connectivity index (χ4v) is 3.69. The van der Waals surface area contributed by atoms with Crippen LogP contribution in [0, 0.1) is 0 Å². The zero-order valence-electron chi connectivity index (χ0n) is 12.4. The molecule has 1 rings (SSSR count). The molecule has 0 aromatic rings. The highest BCUT2D eigenvalue weighted by Crippen LogP contribution is 2.42. The van der Waals surface area contributed by atoms with Gasteiger partial charge >= 0.3 is 0 Å². The first kappa shape index (κ1) is 14.9. The molecule has 0 radical (unpaired) electrons. The van der Waals surface area contributed by atoms with Gasteiger partial charge in [0.15, 0.2) is 0 Å². The van der Waals surface area contributed by atoms with Gasteiger partial charge in [-0.15, -0.1) is 0 Å². The maximum absolute atomic E-state index is 11.0. The van der Waals surface area contributed by atoms with E-state index in [1.165, 1.54) is 0 Å². The number of hydrogen-bond donors (Lipinski definition) is 3. The summed E-state index contributed by atoms with van der Waals surface area (Å²) in [6, 6.07) is 0. The molecule has 0 aromatic carbocycles. The Balaban J connectivity index is 3.02. The molecule has 0 saturated carbocycles. The first-order chi connectivity index (χ1) is 7.43. The first-order valence-corrected chi connectivity index (χ1v) is 6.74. The smallest absolute Gasteiger partial charge is 0.0858 e. The van der Waals surface area contributed by atoms with Crippen LogP contribution in [0.5, 0.6) is 0 Å². The van der Waals surface area contributed by atoms with Crippen LogP contribution in [0.15, 0.2) is 0 Å². The minimum absolute atomic E-state index is 0.0785. The van der Waals surface area contributed by atoms with Gasteiger partial charge in [-0.3, -0.25) is 0 Å². The van der Waals surface area contributed by atoms with Crippen molar-refractivity contribution < 1.29 is 5.11 Å². The quantitative estimate of drug-likeness (QED) is 0.711. The van der Waals surface area contributed by atoms with E-state index in [2.05, 4.69) is 39.9 Å². The molecule has 0 aliphatic carbocycles. The molecule has 0 spiro atoms. The molecule has 0 bridgehead atoms. The second-order valence-corrected chi connectivity index (χ2v) is 7.45. The molecule has 1 fully saturated rings. The van der Waals surface area contributed by atoms with Crippen LogP contribution in [0.1, 0.15) is 67.2 Å². The molecular weight excluding hydrogens is 212 g/mol. The molecule has 0 aromatic heterocycles. The number of rotatable bonds is 3. The second kappa shape index (κ2) is 4.22. The third kappa shape index (κ3) is 3.21. The Labute approximate surface area is 106 Å². The summed E-state index contributed by atoms with van der Waals surface area (Å²) in [6.45, 7) is 12.7. The van der Waals surface area contributed by atoms with Crippen LogP contribution < -0.4 is 11.1 Å². The summed E-state index contributed by atoms with van der Waals surface area (Å²) in [7, 11) is 0. The van der Waals surface area contributed by atoms with E-state index in [-0.39, 0.29) is 11.1 Å². The predicted octanol–water partition coefficient (Wildman–Crippen LogP) is 2.18. The summed E-state index contributed by atoms with van der Waals surface area (Å²) >= 11 is 0. The van der Waals surface area contributed by atoms with E-state index in [1.54, 1.807) is 0 Å². The van der Waals surface area contributed by atoms with E-state index in [0.29, 0.717) is 12.8 Å². The average molecular weight is 242 g/mol. The molecule has 3 nitrogen and oxygen atoms in total. The van der Waals surface area contributed by atoms with Crippen molar-refractivity contribution in [3.05, 3.63) is 0 Å². The van der Waals surface area contributed by atoms with Gasteiger partial charge in [0.1, 0.15) is 0 Å². The van der Waals surface area contributed by atoms with Crippen LogP contribution in [0.4, 0.5) is 0 Å². The second-order valence-electron chi connectivity index (χ2n) is 7.45. The summed E-state index contributed by atoms with van der Waals surface area (Å²) in [4.78, 5) is 0. The Morgan fingerprint density at radius 3 is 1.94 bits per heavy atom. The van der Waals surface area contributed by atoms with Gasteiger partial charge in [0, 0.05) is 16.6 Å². The zero-order chi connectivity index (χ0) is 13.5. The first-order valence-electron chi connectivity index (χ1n) is 6.74. The highest BCUT2D eigenvalue weighted by Gasteiger charge is 2.53. The number of piperidine rings is 1. The van der Waals surface area contributed by atoms with E-state index in [1.807, 2.05) is 6.92 Å². The molecule has 102 valence electrons. The van der Waals surface area contributed by atoms with E-state index >= 15 is 0 Å². The Kier molecular flexibility index (Phi) is 3.70. The summed E-state index contributed by atoms with van der Waals surface area (Å²) in [5.74, 6) is 0. The summed E-state index contributed by atoms with van der Waals surface area (Å²) in [5, 5.41) is 14.6. The highest BCUT2D eigenvalue weighted by atomic mass is 16.3. The molecular formula is C14H30N2O. The molecule has 1 heterocycles. The van der Waals surface area contributed by atoms with Crippen molar-refractivity contribution in [1.29, 1.82) is 0 Å². The summed E-state index contributed by atoms with van der Waals surface area (Å²) in [5.41, 5.74) is 4.94. The molecule has 4 N–H and O–H groups in total. The average Bonchev–Trinajstić information content (AvgIpc) is 1.95. The van der Waals surface area contributed by atoms with E-state index in [9.17, 15) is 5.11 Å². The van der Waals surface area contributed by atoms with E-state index in [4.69, 9.17) is 5.73 Å². The lowest BCUT2D eigenvalue weighted by Crippen LogP contribution is -2.71. The van der Waals surface area contributed by atoms with Gasteiger partial charge in [-0.05, 0) is 53.9 Å². The fourth-order valence-electron chi connectivity index (χ4n) is 3.69. The summed E-state index contributed by atoms with van der Waals surface area (Å²) in [6.07, 6.45) is 3.27. The number of nitrogens with two attached hydrogens (primary N) is 1. The van der Waals surface area contributed by atoms with Crippen LogP contribution in [0.2, 0.25) is 0 Å². The largest absolute Gasteiger partial charge is 0.388 e. The van der Waals surface area contributed by atoms with Crippen molar-refractivity contribution in [3.8, 4) is 0 Å². The third-order valence-electron chi connectivity index (χ3n) is 3.98. The minimum Gasteiger partial charge on any atom is -0.388 e. The Morgan fingerprint density at radius 2 is 1.59 bits per heavy atom. The molecule has 1 saturated heterocycles. The van der Waals surface area contributed by atoms with Gasteiger partial charge in [0.2, 0.25) is 0 Å². The molecule has 17 heavy (non-hydrogen) atoms. The van der Waals surface area contributed by atoms with E-state index in [0.717, 1.165) is 12.8 Å². The minimum atomic E-state index is -0.790. The van der Waals surface area contributed by atoms with Crippen LogP contribution in [-0.4, -0.2) is 27.3 Å². The van der Waals surface area contributed by atoms with Crippen LogP contribution in [0.25, 0.3) is 0 Å². The molecule has 3 heteroatoms. The van der Waals surface area contributed by atoms with Crippen molar-refractivity contribution >= 4 is 0 Å². The van der Waals surface area contributed by atoms with E-state index < -0.39 is 11.1 Å². The number of aliphatic hydroxyl groups is 1. The number of nitrogens with one attached hydrogen (secondary N) is 1. The standard InChI is InChI=1S/C14H30N2O/c1-7-8-13(6,15)14(17)9-11(2,3)16-12(4,5)10-14/h16-17H,7-10,15H2,1-6H3. The molecule has 1 aliphatic rings. The lowest BCUT2D eigenvalue weighted by atomic mass is 9.64. The monoisotopic (exact) mass is 242 g/mol. The maximum atomic E-state index is 11.0. The number of hydrogen-bond acceptors (Lipinski definition) is 3. The van der Waals surface area contributed by atoms with Gasteiger partial charge < -0.3 is 16.2 Å². The van der Waals surface area contributed by atoms with Gasteiger partial charge in [0.05, 0.1) is 5.60 Å². The molecule has 1 atom stereocenters. The maximum Gasteiger partial charge on any atom is 0.0858 e. The van der Waals surface area contributed by atoms with Gasteiger partial charge in [-0.1, -0.05) is 13.3 Å². The van der Waals surface area contributed by atoms with Crippen molar-refractivity contribution in [2.75, 3.05) is 0 Å².